The highest BCUT2D eigenvalue weighted by Gasteiger charge is 2.25. The Labute approximate surface area is 96.5 Å². The normalized spacial score (nSPS) is 14.3. The van der Waals surface area contributed by atoms with E-state index >= 15 is 0 Å². The minimum atomic E-state index is 0.222. The van der Waals surface area contributed by atoms with E-state index in [1.807, 2.05) is 29.2 Å². The average Bonchev–Trinajstić information content (AvgIpc) is 2.61. The van der Waals surface area contributed by atoms with Crippen molar-refractivity contribution in [1.82, 2.24) is 5.32 Å². The van der Waals surface area contributed by atoms with Crippen LogP contribution in [-0.2, 0) is 11.2 Å². The zero-order chi connectivity index (χ0) is 11.4. The highest BCUT2D eigenvalue weighted by Crippen LogP contribution is 2.27. The van der Waals surface area contributed by atoms with Gasteiger partial charge in [-0.05, 0) is 24.6 Å². The van der Waals surface area contributed by atoms with E-state index in [-0.39, 0.29) is 5.91 Å². The summed E-state index contributed by atoms with van der Waals surface area (Å²) >= 11 is 0. The number of carbonyl (C=O) groups excluding carboxylic acids is 1. The number of benzene rings is 1. The third-order valence-electron chi connectivity index (χ3n) is 2.86. The lowest BCUT2D eigenvalue weighted by Gasteiger charge is -2.17. The third kappa shape index (κ3) is 2.25. The number of amides is 1. The Balaban J connectivity index is 1.97. The molecule has 0 unspecified atom stereocenters. The summed E-state index contributed by atoms with van der Waals surface area (Å²) in [5.74, 6) is 0.222. The van der Waals surface area contributed by atoms with Gasteiger partial charge in [0.25, 0.3) is 0 Å². The van der Waals surface area contributed by atoms with Crippen LogP contribution < -0.4 is 10.2 Å². The number of nitrogens with one attached hydrogen (secondary N) is 1. The number of rotatable bonds is 5. The summed E-state index contributed by atoms with van der Waals surface area (Å²) in [7, 11) is 0. The van der Waals surface area contributed by atoms with Crippen LogP contribution in [0.4, 0.5) is 5.69 Å². The van der Waals surface area contributed by atoms with Gasteiger partial charge in [0.05, 0.1) is 6.42 Å². The second kappa shape index (κ2) is 5.12. The molecule has 16 heavy (non-hydrogen) atoms. The van der Waals surface area contributed by atoms with Crippen molar-refractivity contribution in [3.05, 3.63) is 29.8 Å². The zero-order valence-corrected chi connectivity index (χ0v) is 9.70. The molecule has 86 valence electrons. The number of para-hydroxylation sites is 1. The first-order chi connectivity index (χ1) is 7.83. The molecule has 1 N–H and O–H groups in total. The SMILES string of the molecule is CCCNCCN1C(=O)Cc2ccccc21. The van der Waals surface area contributed by atoms with E-state index < -0.39 is 0 Å². The van der Waals surface area contributed by atoms with Crippen LogP contribution in [0.25, 0.3) is 0 Å². The van der Waals surface area contributed by atoms with Gasteiger partial charge in [-0.25, -0.2) is 0 Å². The lowest BCUT2D eigenvalue weighted by Crippen LogP contribution is -2.34. The van der Waals surface area contributed by atoms with Gasteiger partial charge < -0.3 is 10.2 Å². The summed E-state index contributed by atoms with van der Waals surface area (Å²) in [6.45, 7) is 4.80. The minimum absolute atomic E-state index is 0.222. The van der Waals surface area contributed by atoms with Crippen molar-refractivity contribution in [2.75, 3.05) is 24.5 Å². The highest BCUT2D eigenvalue weighted by molar-refractivity contribution is 6.01. The van der Waals surface area contributed by atoms with E-state index in [2.05, 4.69) is 12.2 Å². The van der Waals surface area contributed by atoms with Crippen LogP contribution in [0.3, 0.4) is 0 Å². The maximum absolute atomic E-state index is 11.8. The number of anilines is 1. The molecule has 0 bridgehead atoms. The molecule has 1 aromatic rings. The molecule has 0 atom stereocenters. The lowest BCUT2D eigenvalue weighted by molar-refractivity contribution is -0.117. The van der Waals surface area contributed by atoms with Crippen LogP contribution in [-0.4, -0.2) is 25.5 Å². The van der Waals surface area contributed by atoms with E-state index in [1.54, 1.807) is 0 Å². The smallest absolute Gasteiger partial charge is 0.231 e. The van der Waals surface area contributed by atoms with E-state index in [1.165, 1.54) is 0 Å². The zero-order valence-electron chi connectivity index (χ0n) is 9.70. The fourth-order valence-electron chi connectivity index (χ4n) is 2.05. The maximum Gasteiger partial charge on any atom is 0.231 e. The molecule has 1 aromatic carbocycles. The number of carbonyl (C=O) groups is 1. The summed E-state index contributed by atoms with van der Waals surface area (Å²) in [6, 6.07) is 8.04. The summed E-state index contributed by atoms with van der Waals surface area (Å²) in [5, 5.41) is 3.32. The van der Waals surface area contributed by atoms with Crippen molar-refractivity contribution in [2.24, 2.45) is 0 Å². The number of fused-ring (bicyclic) bond motifs is 1. The first-order valence-corrected chi connectivity index (χ1v) is 5.92. The van der Waals surface area contributed by atoms with Crippen LogP contribution in [0, 0.1) is 0 Å². The predicted octanol–water partition coefficient (Wildman–Crippen LogP) is 1.58. The van der Waals surface area contributed by atoms with Gasteiger partial charge in [0, 0.05) is 18.8 Å². The second-order valence-electron chi connectivity index (χ2n) is 4.10. The van der Waals surface area contributed by atoms with Crippen LogP contribution >= 0.6 is 0 Å². The number of hydrogen-bond donors (Lipinski definition) is 1. The Hall–Kier alpha value is -1.35. The van der Waals surface area contributed by atoms with Crippen molar-refractivity contribution < 1.29 is 4.79 Å². The van der Waals surface area contributed by atoms with Gasteiger partial charge in [-0.1, -0.05) is 25.1 Å². The van der Waals surface area contributed by atoms with Crippen molar-refractivity contribution in [3.63, 3.8) is 0 Å². The predicted molar refractivity (Wildman–Crippen MR) is 65.7 cm³/mol. The Kier molecular flexibility index (Phi) is 3.57. The molecule has 1 aliphatic heterocycles. The Morgan fingerprint density at radius 3 is 2.94 bits per heavy atom. The van der Waals surface area contributed by atoms with Crippen molar-refractivity contribution >= 4 is 11.6 Å². The topological polar surface area (TPSA) is 32.3 Å². The summed E-state index contributed by atoms with van der Waals surface area (Å²) in [4.78, 5) is 13.7. The molecule has 3 heteroatoms. The van der Waals surface area contributed by atoms with E-state index in [4.69, 9.17) is 0 Å². The van der Waals surface area contributed by atoms with Crippen molar-refractivity contribution in [3.8, 4) is 0 Å². The van der Waals surface area contributed by atoms with Gasteiger partial charge in [0.2, 0.25) is 5.91 Å². The van der Waals surface area contributed by atoms with Gasteiger partial charge in [0.15, 0.2) is 0 Å². The average molecular weight is 218 g/mol. The largest absolute Gasteiger partial charge is 0.315 e. The second-order valence-corrected chi connectivity index (χ2v) is 4.10. The number of hydrogen-bond acceptors (Lipinski definition) is 2. The Bertz CT molecular complexity index is 376. The molecule has 3 nitrogen and oxygen atoms in total. The lowest BCUT2D eigenvalue weighted by atomic mass is 10.2. The monoisotopic (exact) mass is 218 g/mol. The molecule has 0 saturated carbocycles. The first kappa shape index (κ1) is 11.1. The van der Waals surface area contributed by atoms with E-state index in [0.29, 0.717) is 6.42 Å². The van der Waals surface area contributed by atoms with Crippen LogP contribution in [0.5, 0.6) is 0 Å². The Morgan fingerprint density at radius 1 is 1.31 bits per heavy atom. The first-order valence-electron chi connectivity index (χ1n) is 5.92. The molecule has 0 aromatic heterocycles. The summed E-state index contributed by atoms with van der Waals surface area (Å²) in [5.41, 5.74) is 2.24. The third-order valence-corrected chi connectivity index (χ3v) is 2.86. The molecule has 0 spiro atoms. The molecule has 1 amide bonds. The summed E-state index contributed by atoms with van der Waals surface area (Å²) in [6.07, 6.45) is 1.69. The molecular formula is C13H18N2O. The minimum Gasteiger partial charge on any atom is -0.315 e. The van der Waals surface area contributed by atoms with Gasteiger partial charge in [-0.2, -0.15) is 0 Å². The molecule has 2 rings (SSSR count). The molecule has 1 heterocycles. The van der Waals surface area contributed by atoms with Crippen LogP contribution in [0.15, 0.2) is 24.3 Å². The quantitative estimate of drug-likeness (QED) is 0.761. The fourth-order valence-corrected chi connectivity index (χ4v) is 2.05. The van der Waals surface area contributed by atoms with Gasteiger partial charge in [-0.15, -0.1) is 0 Å². The van der Waals surface area contributed by atoms with Gasteiger partial charge in [-0.3, -0.25) is 4.79 Å². The molecule has 0 aliphatic carbocycles. The van der Waals surface area contributed by atoms with Gasteiger partial charge >= 0.3 is 0 Å². The fraction of sp³-hybridized carbons (Fsp3) is 0.462. The molecular weight excluding hydrogens is 200 g/mol. The molecule has 0 saturated heterocycles. The standard InChI is InChI=1S/C13H18N2O/c1-2-7-14-8-9-15-12-6-4-3-5-11(12)10-13(15)16/h3-6,14H,2,7-10H2,1H3. The van der Waals surface area contributed by atoms with Crippen molar-refractivity contribution in [2.45, 2.75) is 19.8 Å². The highest BCUT2D eigenvalue weighted by atomic mass is 16.2. The maximum atomic E-state index is 11.8. The molecule has 0 fully saturated rings. The van der Waals surface area contributed by atoms with Crippen molar-refractivity contribution in [1.29, 1.82) is 0 Å². The molecule has 1 aliphatic rings. The van der Waals surface area contributed by atoms with E-state index in [9.17, 15) is 4.79 Å². The molecule has 0 radical (unpaired) electrons. The van der Waals surface area contributed by atoms with Crippen LogP contribution in [0.2, 0.25) is 0 Å². The van der Waals surface area contributed by atoms with E-state index in [0.717, 1.165) is 37.3 Å². The summed E-state index contributed by atoms with van der Waals surface area (Å²) < 4.78 is 0. The van der Waals surface area contributed by atoms with Gasteiger partial charge in [0.1, 0.15) is 0 Å². The number of nitrogens with zero attached hydrogens (tertiary/aromatic N) is 1. The van der Waals surface area contributed by atoms with Crippen LogP contribution in [0.1, 0.15) is 18.9 Å². The Morgan fingerprint density at radius 2 is 2.12 bits per heavy atom.